The Morgan fingerprint density at radius 3 is 2.70 bits per heavy atom. The molecule has 0 bridgehead atoms. The molecule has 0 saturated carbocycles. The molecule has 0 fully saturated rings. The van der Waals surface area contributed by atoms with Crippen molar-refractivity contribution in [2.24, 2.45) is 16.3 Å². The van der Waals surface area contributed by atoms with Crippen molar-refractivity contribution in [3.8, 4) is 0 Å². The van der Waals surface area contributed by atoms with Crippen LogP contribution in [-0.2, 0) is 11.2 Å². The van der Waals surface area contributed by atoms with E-state index < -0.39 is 5.41 Å². The van der Waals surface area contributed by atoms with Crippen LogP contribution in [0.15, 0.2) is 22.5 Å². The zero-order valence-corrected chi connectivity index (χ0v) is 15.7. The molecular weight excluding hydrogens is 308 g/mol. The van der Waals surface area contributed by atoms with Gasteiger partial charge in [-0.1, -0.05) is 13.0 Å². The maximum absolute atomic E-state index is 11.8. The first-order valence-corrected chi connectivity index (χ1v) is 9.03. The lowest BCUT2D eigenvalue weighted by Gasteiger charge is -2.21. The third-order valence-corrected chi connectivity index (χ3v) is 4.46. The van der Waals surface area contributed by atoms with Crippen LogP contribution in [0.1, 0.15) is 32.6 Å². The van der Waals surface area contributed by atoms with Gasteiger partial charge in [0.15, 0.2) is 5.96 Å². The Bertz CT molecular complexity index is 497. The molecule has 0 aliphatic rings. The highest BCUT2D eigenvalue weighted by atomic mass is 32.1. The summed E-state index contributed by atoms with van der Waals surface area (Å²) >= 11 is 1.80. The molecule has 1 unspecified atom stereocenters. The molecule has 1 aromatic rings. The molecule has 1 aromatic heterocycles. The molecule has 0 aromatic carbocycles. The van der Waals surface area contributed by atoms with E-state index in [2.05, 4.69) is 45.4 Å². The predicted molar refractivity (Wildman–Crippen MR) is 99.0 cm³/mol. The van der Waals surface area contributed by atoms with E-state index in [9.17, 15) is 4.79 Å². The van der Waals surface area contributed by atoms with Crippen molar-refractivity contribution >= 4 is 23.2 Å². The van der Waals surface area contributed by atoms with Gasteiger partial charge in [-0.15, -0.1) is 11.3 Å². The topological polar surface area (TPSA) is 65.5 Å². The van der Waals surface area contributed by atoms with Gasteiger partial charge in [0.1, 0.15) is 0 Å². The van der Waals surface area contributed by atoms with E-state index in [1.165, 1.54) is 4.88 Å². The fraction of sp³-hybridized carbons (Fsp3) is 0.647. The zero-order valence-electron chi connectivity index (χ0n) is 14.9. The van der Waals surface area contributed by atoms with Gasteiger partial charge in [-0.25, -0.2) is 0 Å². The number of carbonyl (C=O) groups excluding carboxylic acids is 1. The Balaban J connectivity index is 2.53. The molecule has 1 heterocycles. The molecule has 3 N–H and O–H groups in total. The Hall–Kier alpha value is -1.56. The second kappa shape index (κ2) is 9.55. The number of carbonyl (C=O) groups is 1. The molecule has 130 valence electrons. The summed E-state index contributed by atoms with van der Waals surface area (Å²) in [6.45, 7) is 10.2. The molecule has 6 heteroatoms. The highest BCUT2D eigenvalue weighted by molar-refractivity contribution is 7.09. The standard InChI is InChI=1S/C17H30N4OS/c1-6-19-16(21-12-17(3,4)15(22)18-5)20-11-13(2)10-14-8-7-9-23-14/h7-9,13H,6,10-12H2,1-5H3,(H,18,22)(H2,19,20,21). The minimum Gasteiger partial charge on any atom is -0.359 e. The summed E-state index contributed by atoms with van der Waals surface area (Å²) in [5.74, 6) is 1.29. The highest BCUT2D eigenvalue weighted by Crippen LogP contribution is 2.15. The van der Waals surface area contributed by atoms with Gasteiger partial charge in [0, 0.05) is 25.0 Å². The fourth-order valence-electron chi connectivity index (χ4n) is 2.14. The number of hydrogen-bond donors (Lipinski definition) is 3. The first kappa shape index (κ1) is 19.5. The third-order valence-electron chi connectivity index (χ3n) is 3.57. The summed E-state index contributed by atoms with van der Waals surface area (Å²) < 4.78 is 0. The van der Waals surface area contributed by atoms with E-state index in [0.717, 1.165) is 25.5 Å². The number of guanidine groups is 1. The minimum absolute atomic E-state index is 0.00293. The van der Waals surface area contributed by atoms with E-state index in [4.69, 9.17) is 0 Å². The Morgan fingerprint density at radius 1 is 1.39 bits per heavy atom. The molecular formula is C17H30N4OS. The van der Waals surface area contributed by atoms with Crippen molar-refractivity contribution in [1.82, 2.24) is 16.0 Å². The van der Waals surface area contributed by atoms with Crippen molar-refractivity contribution in [3.05, 3.63) is 22.4 Å². The average Bonchev–Trinajstić information content (AvgIpc) is 3.02. The molecule has 5 nitrogen and oxygen atoms in total. The van der Waals surface area contributed by atoms with Gasteiger partial charge in [0.25, 0.3) is 0 Å². The maximum Gasteiger partial charge on any atom is 0.227 e. The van der Waals surface area contributed by atoms with E-state index in [1.54, 1.807) is 18.4 Å². The first-order valence-electron chi connectivity index (χ1n) is 8.15. The number of nitrogens with zero attached hydrogens (tertiary/aromatic N) is 1. The van der Waals surface area contributed by atoms with Crippen molar-refractivity contribution in [2.75, 3.05) is 26.7 Å². The van der Waals surface area contributed by atoms with Gasteiger partial charge in [0.05, 0.1) is 12.0 Å². The molecule has 1 atom stereocenters. The van der Waals surface area contributed by atoms with Crippen molar-refractivity contribution in [3.63, 3.8) is 0 Å². The summed E-state index contributed by atoms with van der Waals surface area (Å²) in [6.07, 6.45) is 1.06. The lowest BCUT2D eigenvalue weighted by atomic mass is 9.93. The first-order chi connectivity index (χ1) is 10.9. The summed E-state index contributed by atoms with van der Waals surface area (Å²) in [5, 5.41) is 11.4. The maximum atomic E-state index is 11.8. The van der Waals surface area contributed by atoms with Crippen molar-refractivity contribution in [1.29, 1.82) is 0 Å². The zero-order chi connectivity index (χ0) is 17.3. The number of aliphatic imine (C=N–C) groups is 1. The number of rotatable bonds is 8. The molecule has 0 aliphatic carbocycles. The molecule has 0 aliphatic heterocycles. The van der Waals surface area contributed by atoms with Gasteiger partial charge in [-0.05, 0) is 44.6 Å². The highest BCUT2D eigenvalue weighted by Gasteiger charge is 2.26. The van der Waals surface area contributed by atoms with E-state index in [1.807, 2.05) is 20.8 Å². The second-order valence-corrected chi connectivity index (χ2v) is 7.46. The Kier molecular flexibility index (Phi) is 8.09. The number of amides is 1. The molecule has 0 spiro atoms. The smallest absolute Gasteiger partial charge is 0.227 e. The summed E-state index contributed by atoms with van der Waals surface area (Å²) in [4.78, 5) is 17.8. The van der Waals surface area contributed by atoms with Crippen LogP contribution in [0.4, 0.5) is 0 Å². The van der Waals surface area contributed by atoms with E-state index >= 15 is 0 Å². The second-order valence-electron chi connectivity index (χ2n) is 6.43. The minimum atomic E-state index is -0.514. The largest absolute Gasteiger partial charge is 0.359 e. The Morgan fingerprint density at radius 2 is 2.13 bits per heavy atom. The van der Waals surface area contributed by atoms with Crippen LogP contribution in [0.25, 0.3) is 0 Å². The summed E-state index contributed by atoms with van der Waals surface area (Å²) in [7, 11) is 1.66. The lowest BCUT2D eigenvalue weighted by molar-refractivity contribution is -0.128. The molecule has 1 amide bonds. The van der Waals surface area contributed by atoms with Crippen LogP contribution in [0.2, 0.25) is 0 Å². The van der Waals surface area contributed by atoms with Gasteiger partial charge in [-0.2, -0.15) is 0 Å². The van der Waals surface area contributed by atoms with Crippen LogP contribution >= 0.6 is 11.3 Å². The van der Waals surface area contributed by atoms with Gasteiger partial charge in [-0.3, -0.25) is 9.79 Å². The normalized spacial score (nSPS) is 13.5. The molecule has 23 heavy (non-hydrogen) atoms. The Labute approximate surface area is 144 Å². The van der Waals surface area contributed by atoms with Crippen molar-refractivity contribution < 1.29 is 4.79 Å². The van der Waals surface area contributed by atoms with Crippen LogP contribution in [0, 0.1) is 11.3 Å². The van der Waals surface area contributed by atoms with E-state index in [-0.39, 0.29) is 5.91 Å². The van der Waals surface area contributed by atoms with Crippen LogP contribution in [0.5, 0.6) is 0 Å². The monoisotopic (exact) mass is 338 g/mol. The predicted octanol–water partition coefficient (Wildman–Crippen LogP) is 2.25. The average molecular weight is 339 g/mol. The molecule has 1 rings (SSSR count). The lowest BCUT2D eigenvalue weighted by Crippen LogP contribution is -2.42. The van der Waals surface area contributed by atoms with Crippen molar-refractivity contribution in [2.45, 2.75) is 34.1 Å². The van der Waals surface area contributed by atoms with E-state index in [0.29, 0.717) is 12.5 Å². The SMILES string of the molecule is CCNC(=NCC(C)(C)C(=O)NC)NCC(C)Cc1cccs1. The summed E-state index contributed by atoms with van der Waals surface area (Å²) in [5.41, 5.74) is -0.514. The molecule has 0 radical (unpaired) electrons. The van der Waals surface area contributed by atoms with Gasteiger partial charge in [0.2, 0.25) is 5.91 Å². The van der Waals surface area contributed by atoms with Gasteiger partial charge < -0.3 is 16.0 Å². The van der Waals surface area contributed by atoms with Crippen LogP contribution in [-0.4, -0.2) is 38.5 Å². The fourth-order valence-corrected chi connectivity index (χ4v) is 3.01. The molecule has 0 saturated heterocycles. The summed E-state index contributed by atoms with van der Waals surface area (Å²) in [6, 6.07) is 4.26. The quantitative estimate of drug-likeness (QED) is 0.503. The van der Waals surface area contributed by atoms with Gasteiger partial charge >= 0.3 is 0 Å². The van der Waals surface area contributed by atoms with Crippen LogP contribution < -0.4 is 16.0 Å². The number of nitrogens with one attached hydrogen (secondary N) is 3. The number of thiophene rings is 1. The van der Waals surface area contributed by atoms with Crippen LogP contribution in [0.3, 0.4) is 0 Å². The number of hydrogen-bond acceptors (Lipinski definition) is 3. The third kappa shape index (κ3) is 7.03.